The van der Waals surface area contributed by atoms with Gasteiger partial charge in [0.05, 0.1) is 0 Å². The van der Waals surface area contributed by atoms with Crippen molar-refractivity contribution in [1.29, 1.82) is 0 Å². The minimum atomic E-state index is 0.00153. The quantitative estimate of drug-likeness (QED) is 0.787. The first-order valence-corrected chi connectivity index (χ1v) is 9.31. The molecular formula is C18H36N4O. The number of hydrogen-bond donors (Lipinski definition) is 2. The number of carbonyl (C=O) groups excluding carboxylic acids is 1. The van der Waals surface area contributed by atoms with Crippen molar-refractivity contribution in [2.45, 2.75) is 52.0 Å². The number of hydrogen-bond acceptors (Lipinski definition) is 3. The van der Waals surface area contributed by atoms with Gasteiger partial charge in [-0.05, 0) is 44.7 Å². The molecule has 1 atom stereocenters. The Hall–Kier alpha value is -0.810. The van der Waals surface area contributed by atoms with Crippen LogP contribution < -0.4 is 10.6 Å². The molecule has 2 fully saturated rings. The zero-order chi connectivity index (χ0) is 16.9. The summed E-state index contributed by atoms with van der Waals surface area (Å²) in [5.74, 6) is 0.699. The monoisotopic (exact) mass is 324 g/mol. The highest BCUT2D eigenvalue weighted by Crippen LogP contribution is 2.42. The maximum absolute atomic E-state index is 12.2. The van der Waals surface area contributed by atoms with E-state index in [1.807, 2.05) is 0 Å². The van der Waals surface area contributed by atoms with Gasteiger partial charge >= 0.3 is 6.03 Å². The third-order valence-electron chi connectivity index (χ3n) is 5.61. The number of rotatable bonds is 6. The van der Waals surface area contributed by atoms with Crippen LogP contribution in [-0.2, 0) is 0 Å². The molecular weight excluding hydrogens is 288 g/mol. The van der Waals surface area contributed by atoms with E-state index in [1.165, 1.54) is 32.1 Å². The molecule has 0 aromatic heterocycles. The lowest BCUT2D eigenvalue weighted by atomic mass is 9.78. The lowest BCUT2D eigenvalue weighted by Crippen LogP contribution is -2.55. The summed E-state index contributed by atoms with van der Waals surface area (Å²) in [6.07, 6.45) is 6.39. The molecule has 134 valence electrons. The van der Waals surface area contributed by atoms with Crippen LogP contribution in [0.5, 0.6) is 0 Å². The van der Waals surface area contributed by atoms with Gasteiger partial charge in [0.25, 0.3) is 0 Å². The van der Waals surface area contributed by atoms with Gasteiger partial charge in [-0.2, -0.15) is 0 Å². The van der Waals surface area contributed by atoms with Gasteiger partial charge < -0.3 is 15.5 Å². The Morgan fingerprint density at radius 1 is 1.17 bits per heavy atom. The molecule has 2 rings (SSSR count). The predicted octanol–water partition coefficient (Wildman–Crippen LogP) is 2.14. The van der Waals surface area contributed by atoms with E-state index >= 15 is 0 Å². The van der Waals surface area contributed by atoms with Crippen LogP contribution in [0.1, 0.15) is 46.0 Å². The molecule has 23 heavy (non-hydrogen) atoms. The topological polar surface area (TPSA) is 47.6 Å². The minimum absolute atomic E-state index is 0.00153. The number of piperazine rings is 1. The molecule has 0 radical (unpaired) electrons. The van der Waals surface area contributed by atoms with E-state index in [9.17, 15) is 4.79 Å². The molecule has 1 aliphatic carbocycles. The van der Waals surface area contributed by atoms with Gasteiger partial charge in [-0.3, -0.25) is 4.90 Å². The van der Waals surface area contributed by atoms with Crippen LogP contribution >= 0.6 is 0 Å². The van der Waals surface area contributed by atoms with Crippen molar-refractivity contribution >= 4 is 6.03 Å². The molecule has 0 unspecified atom stereocenters. The molecule has 1 saturated heterocycles. The summed E-state index contributed by atoms with van der Waals surface area (Å²) >= 11 is 0. The van der Waals surface area contributed by atoms with Crippen molar-refractivity contribution in [3.05, 3.63) is 0 Å². The maximum Gasteiger partial charge on any atom is 0.314 e. The third kappa shape index (κ3) is 5.64. The second-order valence-corrected chi connectivity index (χ2v) is 8.27. The van der Waals surface area contributed by atoms with E-state index in [1.54, 1.807) is 0 Å². The second kappa shape index (κ2) is 8.34. The van der Waals surface area contributed by atoms with Gasteiger partial charge in [-0.25, -0.2) is 4.79 Å². The van der Waals surface area contributed by atoms with E-state index in [2.05, 4.69) is 48.4 Å². The van der Waals surface area contributed by atoms with Crippen LogP contribution in [-0.4, -0.2) is 68.7 Å². The summed E-state index contributed by atoms with van der Waals surface area (Å²) < 4.78 is 0. The maximum atomic E-state index is 12.2. The van der Waals surface area contributed by atoms with E-state index in [0.29, 0.717) is 17.4 Å². The summed E-state index contributed by atoms with van der Waals surface area (Å²) in [7, 11) is 4.29. The zero-order valence-electron chi connectivity index (χ0n) is 15.5. The van der Waals surface area contributed by atoms with Crippen molar-refractivity contribution in [3.63, 3.8) is 0 Å². The highest BCUT2D eigenvalue weighted by atomic mass is 16.2. The summed E-state index contributed by atoms with van der Waals surface area (Å²) in [5, 5.41) is 6.23. The zero-order valence-corrected chi connectivity index (χ0v) is 15.5. The van der Waals surface area contributed by atoms with Crippen molar-refractivity contribution in [1.82, 2.24) is 20.4 Å². The average Bonchev–Trinajstić information content (AvgIpc) is 2.94. The van der Waals surface area contributed by atoms with E-state index in [4.69, 9.17) is 0 Å². The van der Waals surface area contributed by atoms with Crippen LogP contribution in [0.25, 0.3) is 0 Å². The summed E-state index contributed by atoms with van der Waals surface area (Å²) in [5.41, 5.74) is 0.341. The number of carbonyl (C=O) groups is 1. The number of amides is 2. The molecule has 0 bridgehead atoms. The molecule has 1 aliphatic heterocycles. The van der Waals surface area contributed by atoms with Crippen LogP contribution in [0, 0.1) is 11.3 Å². The molecule has 1 saturated carbocycles. The van der Waals surface area contributed by atoms with Gasteiger partial charge in [-0.1, -0.05) is 26.7 Å². The first-order valence-electron chi connectivity index (χ1n) is 9.31. The molecule has 2 aliphatic rings. The largest absolute Gasteiger partial charge is 0.338 e. The number of nitrogens with zero attached hydrogens (tertiary/aromatic N) is 2. The fourth-order valence-corrected chi connectivity index (χ4v) is 4.31. The molecule has 5 heteroatoms. The summed E-state index contributed by atoms with van der Waals surface area (Å²) in [6, 6.07) is 0.414. The Kier molecular flexibility index (Phi) is 6.72. The van der Waals surface area contributed by atoms with E-state index in [-0.39, 0.29) is 6.03 Å². The van der Waals surface area contributed by atoms with Crippen molar-refractivity contribution in [2.75, 3.05) is 46.8 Å². The van der Waals surface area contributed by atoms with Crippen LogP contribution in [0.15, 0.2) is 0 Å². The molecule has 0 aromatic carbocycles. The van der Waals surface area contributed by atoms with Crippen molar-refractivity contribution < 1.29 is 4.79 Å². The van der Waals surface area contributed by atoms with Gasteiger partial charge in [0.2, 0.25) is 0 Å². The van der Waals surface area contributed by atoms with Crippen LogP contribution in [0.4, 0.5) is 4.79 Å². The molecule has 0 aromatic rings. The molecule has 0 spiro atoms. The number of urea groups is 1. The standard InChI is InChI=1S/C18H36N4O/c1-15(2)11-18(7-5-6-8-18)14-20-17(23)19-12-16-13-21(3)9-10-22(16)4/h15-16H,5-14H2,1-4H3,(H2,19,20,23)/t16-/m0/s1. The smallest absolute Gasteiger partial charge is 0.314 e. The van der Waals surface area contributed by atoms with Gasteiger partial charge in [0.15, 0.2) is 0 Å². The molecule has 5 nitrogen and oxygen atoms in total. The van der Waals surface area contributed by atoms with Crippen LogP contribution in [0.2, 0.25) is 0 Å². The lowest BCUT2D eigenvalue weighted by Gasteiger charge is -2.37. The first kappa shape index (κ1) is 18.5. The minimum Gasteiger partial charge on any atom is -0.338 e. The lowest BCUT2D eigenvalue weighted by molar-refractivity contribution is 0.114. The summed E-state index contributed by atoms with van der Waals surface area (Å²) in [4.78, 5) is 16.9. The Morgan fingerprint density at radius 3 is 2.52 bits per heavy atom. The van der Waals surface area contributed by atoms with Crippen molar-refractivity contribution in [2.24, 2.45) is 11.3 Å². The van der Waals surface area contributed by atoms with E-state index in [0.717, 1.165) is 32.7 Å². The number of likely N-dealkylation sites (N-methyl/N-ethyl adjacent to an activating group) is 2. The van der Waals surface area contributed by atoms with Crippen molar-refractivity contribution in [3.8, 4) is 0 Å². The highest BCUT2D eigenvalue weighted by Gasteiger charge is 2.34. The molecule has 1 heterocycles. The first-order chi connectivity index (χ1) is 10.9. The third-order valence-corrected chi connectivity index (χ3v) is 5.61. The predicted molar refractivity (Wildman–Crippen MR) is 95.7 cm³/mol. The Bertz CT molecular complexity index is 379. The van der Waals surface area contributed by atoms with Gasteiger partial charge in [-0.15, -0.1) is 0 Å². The molecule has 2 amide bonds. The SMILES string of the molecule is CC(C)CC1(CNC(=O)NC[C@H]2CN(C)CCN2C)CCCC1. The highest BCUT2D eigenvalue weighted by molar-refractivity contribution is 5.73. The van der Waals surface area contributed by atoms with Gasteiger partial charge in [0, 0.05) is 38.8 Å². The number of nitrogens with one attached hydrogen (secondary N) is 2. The second-order valence-electron chi connectivity index (χ2n) is 8.27. The normalized spacial score (nSPS) is 25.7. The van der Waals surface area contributed by atoms with Crippen LogP contribution in [0.3, 0.4) is 0 Å². The summed E-state index contributed by atoms with van der Waals surface area (Å²) in [6.45, 7) is 9.33. The fraction of sp³-hybridized carbons (Fsp3) is 0.944. The Labute approximate surface area is 142 Å². The van der Waals surface area contributed by atoms with Gasteiger partial charge in [0.1, 0.15) is 0 Å². The average molecular weight is 325 g/mol. The molecule has 2 N–H and O–H groups in total. The van der Waals surface area contributed by atoms with E-state index < -0.39 is 0 Å². The Balaban J connectivity index is 1.73. The fourth-order valence-electron chi connectivity index (χ4n) is 4.31. The Morgan fingerprint density at radius 2 is 1.87 bits per heavy atom.